The molecule has 0 unspecified atom stereocenters. The molecule has 1 amide bonds. The Morgan fingerprint density at radius 1 is 1.17 bits per heavy atom. The van der Waals surface area contributed by atoms with E-state index in [9.17, 15) is 23.3 Å². The van der Waals surface area contributed by atoms with Crippen molar-refractivity contribution in [3.63, 3.8) is 0 Å². The first-order valence-corrected chi connectivity index (χ1v) is 10.5. The lowest BCUT2D eigenvalue weighted by Gasteiger charge is -2.28. The highest BCUT2D eigenvalue weighted by Gasteiger charge is 2.30. The topological polar surface area (TPSA) is 128 Å². The van der Waals surface area contributed by atoms with Crippen LogP contribution in [0.2, 0.25) is 0 Å². The van der Waals surface area contributed by atoms with E-state index in [2.05, 4.69) is 5.32 Å². The molecule has 154 valence electrons. The summed E-state index contributed by atoms with van der Waals surface area (Å²) >= 11 is 0. The number of nitro groups is 1. The molecule has 0 spiro atoms. The summed E-state index contributed by atoms with van der Waals surface area (Å²) in [5.74, 6) is 0.413. The molecule has 11 heteroatoms. The number of amides is 1. The van der Waals surface area contributed by atoms with Crippen molar-refractivity contribution in [3.8, 4) is 11.5 Å². The molecule has 10 nitrogen and oxygen atoms in total. The summed E-state index contributed by atoms with van der Waals surface area (Å²) in [6.07, 6.45) is 0.930. The SMILES string of the molecule is C[C@@H](C(=O)Nc1ccc2c(c1)OCCO2)N(c1cccc([N+](=O)[O-])c1)S(C)(=O)=O. The van der Waals surface area contributed by atoms with Crippen molar-refractivity contribution < 1.29 is 27.6 Å². The van der Waals surface area contributed by atoms with Crippen molar-refractivity contribution in [3.05, 3.63) is 52.6 Å². The summed E-state index contributed by atoms with van der Waals surface area (Å²) in [5.41, 5.74) is 0.140. The number of anilines is 2. The lowest BCUT2D eigenvalue weighted by molar-refractivity contribution is -0.384. The molecule has 2 aromatic rings. The first kappa shape index (κ1) is 20.4. The molecule has 0 fully saturated rings. The van der Waals surface area contributed by atoms with Gasteiger partial charge in [0.1, 0.15) is 19.3 Å². The molecule has 29 heavy (non-hydrogen) atoms. The van der Waals surface area contributed by atoms with Gasteiger partial charge in [0.15, 0.2) is 11.5 Å². The Hall–Kier alpha value is -3.34. The van der Waals surface area contributed by atoms with Crippen LogP contribution in [0.15, 0.2) is 42.5 Å². The number of fused-ring (bicyclic) bond motifs is 1. The van der Waals surface area contributed by atoms with E-state index in [-0.39, 0.29) is 11.4 Å². The molecule has 0 aromatic heterocycles. The van der Waals surface area contributed by atoms with Crippen LogP contribution in [0.3, 0.4) is 0 Å². The number of nitrogens with zero attached hydrogens (tertiary/aromatic N) is 2. The number of carbonyl (C=O) groups is 1. The highest BCUT2D eigenvalue weighted by atomic mass is 32.2. The summed E-state index contributed by atoms with van der Waals surface area (Å²) in [7, 11) is -3.91. The summed E-state index contributed by atoms with van der Waals surface area (Å²) in [5, 5.41) is 13.7. The van der Waals surface area contributed by atoms with E-state index >= 15 is 0 Å². The normalized spacial score (nSPS) is 14.0. The van der Waals surface area contributed by atoms with Gasteiger partial charge < -0.3 is 14.8 Å². The number of non-ortho nitro benzene ring substituents is 1. The summed E-state index contributed by atoms with van der Waals surface area (Å²) < 4.78 is 36.4. The van der Waals surface area contributed by atoms with Gasteiger partial charge in [-0.25, -0.2) is 8.42 Å². The second kappa shape index (κ2) is 7.95. The molecule has 0 saturated heterocycles. The number of hydrogen-bond acceptors (Lipinski definition) is 7. The smallest absolute Gasteiger partial charge is 0.271 e. The van der Waals surface area contributed by atoms with Crippen LogP contribution in [-0.2, 0) is 14.8 Å². The number of hydrogen-bond donors (Lipinski definition) is 1. The molecule has 1 N–H and O–H groups in total. The van der Waals surface area contributed by atoms with Gasteiger partial charge in [0.25, 0.3) is 5.69 Å². The molecular formula is C18H19N3O7S. The molecule has 1 aliphatic heterocycles. The monoisotopic (exact) mass is 421 g/mol. The number of carbonyl (C=O) groups excluding carboxylic acids is 1. The Labute approximate surface area is 167 Å². The Kier molecular flexibility index (Phi) is 5.59. The maximum Gasteiger partial charge on any atom is 0.271 e. The molecule has 0 radical (unpaired) electrons. The highest BCUT2D eigenvalue weighted by molar-refractivity contribution is 7.92. The molecule has 0 bridgehead atoms. The van der Waals surface area contributed by atoms with Crippen LogP contribution in [0, 0.1) is 10.1 Å². The first-order valence-electron chi connectivity index (χ1n) is 8.61. The number of nitro benzene ring substituents is 1. The zero-order chi connectivity index (χ0) is 21.2. The zero-order valence-electron chi connectivity index (χ0n) is 15.7. The van der Waals surface area contributed by atoms with Crippen LogP contribution in [0.1, 0.15) is 6.92 Å². The number of sulfonamides is 1. The van der Waals surface area contributed by atoms with Crippen LogP contribution in [0.5, 0.6) is 11.5 Å². The molecule has 2 aromatic carbocycles. The molecule has 3 rings (SSSR count). The second-order valence-corrected chi connectivity index (χ2v) is 8.22. The van der Waals surface area contributed by atoms with Gasteiger partial charge in [-0.15, -0.1) is 0 Å². The Bertz CT molecular complexity index is 1060. The van der Waals surface area contributed by atoms with Crippen molar-refractivity contribution in [2.24, 2.45) is 0 Å². The van der Waals surface area contributed by atoms with E-state index in [1.807, 2.05) is 0 Å². The van der Waals surface area contributed by atoms with Crippen molar-refractivity contribution >= 4 is 33.0 Å². The van der Waals surface area contributed by atoms with E-state index in [4.69, 9.17) is 9.47 Å². The van der Waals surface area contributed by atoms with Gasteiger partial charge in [-0.1, -0.05) is 6.07 Å². The van der Waals surface area contributed by atoms with Crippen molar-refractivity contribution in [2.75, 3.05) is 29.1 Å². The van der Waals surface area contributed by atoms with Crippen LogP contribution in [0.4, 0.5) is 17.1 Å². The Balaban J connectivity index is 1.86. The fourth-order valence-electron chi connectivity index (χ4n) is 2.92. The first-order chi connectivity index (χ1) is 13.7. The van der Waals surface area contributed by atoms with Crippen molar-refractivity contribution in [2.45, 2.75) is 13.0 Å². The minimum Gasteiger partial charge on any atom is -0.486 e. The number of nitrogens with one attached hydrogen (secondary N) is 1. The quantitative estimate of drug-likeness (QED) is 0.559. The van der Waals surface area contributed by atoms with Gasteiger partial charge in [0.05, 0.1) is 16.9 Å². The van der Waals surface area contributed by atoms with Gasteiger partial charge in [-0.2, -0.15) is 0 Å². The highest BCUT2D eigenvalue weighted by Crippen LogP contribution is 2.33. The lowest BCUT2D eigenvalue weighted by Crippen LogP contribution is -2.45. The summed E-state index contributed by atoms with van der Waals surface area (Å²) in [6.45, 7) is 2.21. The third-order valence-corrected chi connectivity index (χ3v) is 5.43. The predicted molar refractivity (Wildman–Crippen MR) is 106 cm³/mol. The second-order valence-electron chi connectivity index (χ2n) is 6.36. The van der Waals surface area contributed by atoms with Crippen LogP contribution < -0.4 is 19.1 Å². The standard InChI is InChI=1S/C18H19N3O7S/c1-12(18(22)19-13-6-7-16-17(10-13)28-9-8-27-16)20(29(2,25)26)14-4-3-5-15(11-14)21(23)24/h3-7,10-12H,8-9H2,1-2H3,(H,19,22)/t12-/m0/s1. The zero-order valence-corrected chi connectivity index (χ0v) is 16.5. The summed E-state index contributed by atoms with van der Waals surface area (Å²) in [6, 6.07) is 8.76. The van der Waals surface area contributed by atoms with Gasteiger partial charge >= 0.3 is 0 Å². The van der Waals surface area contributed by atoms with E-state index in [0.29, 0.717) is 30.4 Å². The Morgan fingerprint density at radius 3 is 2.52 bits per heavy atom. The molecule has 1 atom stereocenters. The summed E-state index contributed by atoms with van der Waals surface area (Å²) in [4.78, 5) is 23.1. The van der Waals surface area contributed by atoms with Crippen molar-refractivity contribution in [1.82, 2.24) is 0 Å². The Morgan fingerprint density at radius 2 is 1.86 bits per heavy atom. The predicted octanol–water partition coefficient (Wildman–Crippen LogP) is 2.16. The largest absolute Gasteiger partial charge is 0.486 e. The maximum atomic E-state index is 12.7. The molecule has 1 aliphatic rings. The van der Waals surface area contributed by atoms with Gasteiger partial charge in [0, 0.05) is 23.9 Å². The third-order valence-electron chi connectivity index (χ3n) is 4.19. The van der Waals surface area contributed by atoms with Crippen LogP contribution in [0.25, 0.3) is 0 Å². The van der Waals surface area contributed by atoms with Crippen LogP contribution in [-0.4, -0.2) is 44.8 Å². The number of ether oxygens (including phenoxy) is 2. The van der Waals surface area contributed by atoms with E-state index < -0.39 is 26.9 Å². The number of rotatable bonds is 6. The molecule has 0 saturated carbocycles. The fraction of sp³-hybridized carbons (Fsp3) is 0.278. The van der Waals surface area contributed by atoms with E-state index in [1.165, 1.54) is 25.1 Å². The average Bonchev–Trinajstić information content (AvgIpc) is 2.67. The lowest BCUT2D eigenvalue weighted by atomic mass is 10.2. The van der Waals surface area contributed by atoms with E-state index in [0.717, 1.165) is 16.6 Å². The van der Waals surface area contributed by atoms with Gasteiger partial charge in [-0.05, 0) is 25.1 Å². The number of benzene rings is 2. The fourth-order valence-corrected chi connectivity index (χ4v) is 4.09. The van der Waals surface area contributed by atoms with Gasteiger partial charge in [0.2, 0.25) is 15.9 Å². The molecule has 1 heterocycles. The maximum absolute atomic E-state index is 12.7. The molecule has 0 aliphatic carbocycles. The van der Waals surface area contributed by atoms with Crippen LogP contribution >= 0.6 is 0 Å². The minimum atomic E-state index is -3.91. The average molecular weight is 421 g/mol. The van der Waals surface area contributed by atoms with Gasteiger partial charge in [-0.3, -0.25) is 19.2 Å². The third kappa shape index (κ3) is 4.57. The minimum absolute atomic E-state index is 0.0199. The molecular weight excluding hydrogens is 402 g/mol. The van der Waals surface area contributed by atoms with Crippen molar-refractivity contribution in [1.29, 1.82) is 0 Å². The van der Waals surface area contributed by atoms with E-state index in [1.54, 1.807) is 18.2 Å².